The van der Waals surface area contributed by atoms with Crippen LogP contribution in [0.4, 0.5) is 0 Å². The molecule has 2 aromatic rings. The molecular weight excluding hydrogens is 342 g/mol. The molecular formula is C20H27N5O2. The maximum Gasteiger partial charge on any atom is 0.237 e. The molecule has 0 unspecified atom stereocenters. The molecule has 0 radical (unpaired) electrons. The third kappa shape index (κ3) is 5.40. The topological polar surface area (TPSA) is 90.1 Å². The van der Waals surface area contributed by atoms with Gasteiger partial charge in [-0.2, -0.15) is 0 Å². The fraction of sp³-hybridized carbons (Fsp3) is 0.450. The van der Waals surface area contributed by atoms with E-state index in [0.717, 1.165) is 25.2 Å². The number of H-pyrrole nitrogens is 1. The molecule has 1 saturated heterocycles. The molecule has 1 aromatic carbocycles. The van der Waals surface area contributed by atoms with E-state index in [0.29, 0.717) is 19.6 Å². The molecule has 1 aromatic heterocycles. The van der Waals surface area contributed by atoms with E-state index >= 15 is 0 Å². The molecule has 0 spiro atoms. The Morgan fingerprint density at radius 3 is 3.00 bits per heavy atom. The van der Waals surface area contributed by atoms with Gasteiger partial charge in [0.1, 0.15) is 5.82 Å². The summed E-state index contributed by atoms with van der Waals surface area (Å²) in [6.45, 7) is 4.69. The van der Waals surface area contributed by atoms with Crippen LogP contribution in [0.2, 0.25) is 0 Å². The molecule has 2 amide bonds. The van der Waals surface area contributed by atoms with Crippen LogP contribution in [-0.4, -0.2) is 52.4 Å². The first-order valence-corrected chi connectivity index (χ1v) is 9.44. The minimum absolute atomic E-state index is 0.0689. The molecule has 1 atom stereocenters. The molecule has 0 saturated carbocycles. The minimum atomic E-state index is -0.427. The van der Waals surface area contributed by atoms with E-state index in [-0.39, 0.29) is 18.2 Å². The first kappa shape index (κ1) is 19.1. The quantitative estimate of drug-likeness (QED) is 0.609. The number of nitrogens with one attached hydrogen (secondary N) is 3. The number of benzene rings is 1. The standard InChI is InChI=1S/C20H27N5O2/c1-15-5-2-3-6-16(15)14-25-12-11-24-20(27)17(25)13-19(26)23-8-4-7-18-21-9-10-22-18/h2-3,5-6,9-10,17H,4,7-8,11-14H2,1H3,(H,21,22)(H,23,26)(H,24,27)/t17-/m1/s1. The van der Waals surface area contributed by atoms with Crippen molar-refractivity contribution in [2.75, 3.05) is 19.6 Å². The van der Waals surface area contributed by atoms with Crippen molar-refractivity contribution >= 4 is 11.8 Å². The van der Waals surface area contributed by atoms with Crippen molar-refractivity contribution in [1.29, 1.82) is 0 Å². The third-order valence-electron chi connectivity index (χ3n) is 4.92. The first-order valence-electron chi connectivity index (χ1n) is 9.44. The largest absolute Gasteiger partial charge is 0.356 e. The van der Waals surface area contributed by atoms with Gasteiger partial charge in [0.2, 0.25) is 11.8 Å². The van der Waals surface area contributed by atoms with E-state index < -0.39 is 6.04 Å². The van der Waals surface area contributed by atoms with Crippen LogP contribution in [0.15, 0.2) is 36.7 Å². The Bertz CT molecular complexity index is 759. The average Bonchev–Trinajstić information content (AvgIpc) is 3.17. The molecule has 3 N–H and O–H groups in total. The van der Waals surface area contributed by atoms with Crippen LogP contribution < -0.4 is 10.6 Å². The Labute approximate surface area is 159 Å². The van der Waals surface area contributed by atoms with Gasteiger partial charge in [0.15, 0.2) is 0 Å². The van der Waals surface area contributed by atoms with E-state index in [4.69, 9.17) is 0 Å². The zero-order valence-electron chi connectivity index (χ0n) is 15.7. The SMILES string of the molecule is Cc1ccccc1CN1CCNC(=O)[C@H]1CC(=O)NCCCc1ncc[nH]1. The van der Waals surface area contributed by atoms with E-state index in [1.54, 1.807) is 12.4 Å². The molecule has 1 aliphatic heterocycles. The van der Waals surface area contributed by atoms with Crippen molar-refractivity contribution in [3.63, 3.8) is 0 Å². The average molecular weight is 369 g/mol. The van der Waals surface area contributed by atoms with Crippen molar-refractivity contribution in [2.24, 2.45) is 0 Å². The van der Waals surface area contributed by atoms with E-state index in [2.05, 4.69) is 44.6 Å². The minimum Gasteiger partial charge on any atom is -0.356 e. The number of hydrogen-bond acceptors (Lipinski definition) is 4. The van der Waals surface area contributed by atoms with E-state index in [1.807, 2.05) is 12.1 Å². The summed E-state index contributed by atoms with van der Waals surface area (Å²) < 4.78 is 0. The molecule has 1 aliphatic rings. The summed E-state index contributed by atoms with van der Waals surface area (Å²) in [4.78, 5) is 34.0. The van der Waals surface area contributed by atoms with Crippen molar-refractivity contribution in [3.8, 4) is 0 Å². The monoisotopic (exact) mass is 369 g/mol. The van der Waals surface area contributed by atoms with Gasteiger partial charge in [0.05, 0.1) is 12.5 Å². The summed E-state index contributed by atoms with van der Waals surface area (Å²) in [5, 5.41) is 5.80. The number of aromatic amines is 1. The predicted octanol–water partition coefficient (Wildman–Crippen LogP) is 1.16. The van der Waals surface area contributed by atoms with Gasteiger partial charge in [0, 0.05) is 45.0 Å². The molecule has 7 heteroatoms. The van der Waals surface area contributed by atoms with Crippen molar-refractivity contribution in [2.45, 2.75) is 38.8 Å². The number of rotatable bonds is 8. The van der Waals surface area contributed by atoms with Gasteiger partial charge in [-0.15, -0.1) is 0 Å². The molecule has 27 heavy (non-hydrogen) atoms. The number of nitrogens with zero attached hydrogens (tertiary/aromatic N) is 2. The molecule has 2 heterocycles. The van der Waals surface area contributed by atoms with Gasteiger partial charge in [-0.05, 0) is 24.5 Å². The summed E-state index contributed by atoms with van der Waals surface area (Å²) in [6.07, 6.45) is 5.29. The molecule has 3 rings (SSSR count). The van der Waals surface area contributed by atoms with E-state index in [9.17, 15) is 9.59 Å². The fourth-order valence-corrected chi connectivity index (χ4v) is 3.35. The van der Waals surface area contributed by atoms with Gasteiger partial charge in [0.25, 0.3) is 0 Å². The maximum absolute atomic E-state index is 12.4. The summed E-state index contributed by atoms with van der Waals surface area (Å²) in [6, 6.07) is 7.74. The second kappa shape index (κ2) is 9.32. The fourth-order valence-electron chi connectivity index (χ4n) is 3.35. The third-order valence-corrected chi connectivity index (χ3v) is 4.92. The zero-order chi connectivity index (χ0) is 19.1. The van der Waals surface area contributed by atoms with Gasteiger partial charge in [-0.25, -0.2) is 4.98 Å². The van der Waals surface area contributed by atoms with Crippen LogP contribution in [0.1, 0.15) is 29.8 Å². The van der Waals surface area contributed by atoms with Crippen LogP contribution in [0.5, 0.6) is 0 Å². The summed E-state index contributed by atoms with van der Waals surface area (Å²) in [5.74, 6) is 0.757. The number of piperazine rings is 1. The lowest BCUT2D eigenvalue weighted by atomic mass is 10.0. The number of hydrogen-bond donors (Lipinski definition) is 3. The highest BCUT2D eigenvalue weighted by molar-refractivity contribution is 5.88. The molecule has 0 bridgehead atoms. The highest BCUT2D eigenvalue weighted by atomic mass is 16.2. The Balaban J connectivity index is 1.51. The maximum atomic E-state index is 12.4. The molecule has 144 valence electrons. The van der Waals surface area contributed by atoms with Gasteiger partial charge >= 0.3 is 0 Å². The number of imidazole rings is 1. The Hall–Kier alpha value is -2.67. The van der Waals surface area contributed by atoms with Crippen LogP contribution >= 0.6 is 0 Å². The van der Waals surface area contributed by atoms with Crippen LogP contribution in [-0.2, 0) is 22.6 Å². The predicted molar refractivity (Wildman–Crippen MR) is 103 cm³/mol. The van der Waals surface area contributed by atoms with Gasteiger partial charge in [-0.3, -0.25) is 14.5 Å². The number of carbonyl (C=O) groups is 2. The zero-order valence-corrected chi connectivity index (χ0v) is 15.7. The summed E-state index contributed by atoms with van der Waals surface area (Å²) in [5.41, 5.74) is 2.39. The summed E-state index contributed by atoms with van der Waals surface area (Å²) >= 11 is 0. The highest BCUT2D eigenvalue weighted by Crippen LogP contribution is 2.16. The van der Waals surface area contributed by atoms with Gasteiger partial charge < -0.3 is 15.6 Å². The number of aromatic nitrogens is 2. The van der Waals surface area contributed by atoms with Gasteiger partial charge in [-0.1, -0.05) is 24.3 Å². The molecule has 0 aliphatic carbocycles. The van der Waals surface area contributed by atoms with Crippen molar-refractivity contribution in [3.05, 3.63) is 53.6 Å². The van der Waals surface area contributed by atoms with E-state index in [1.165, 1.54) is 11.1 Å². The smallest absolute Gasteiger partial charge is 0.237 e. The highest BCUT2D eigenvalue weighted by Gasteiger charge is 2.31. The van der Waals surface area contributed by atoms with Crippen LogP contribution in [0.3, 0.4) is 0 Å². The lowest BCUT2D eigenvalue weighted by molar-refractivity contribution is -0.134. The van der Waals surface area contributed by atoms with Crippen molar-refractivity contribution in [1.82, 2.24) is 25.5 Å². The Morgan fingerprint density at radius 2 is 2.22 bits per heavy atom. The van der Waals surface area contributed by atoms with Crippen LogP contribution in [0.25, 0.3) is 0 Å². The lowest BCUT2D eigenvalue weighted by Crippen LogP contribution is -2.56. The number of amides is 2. The second-order valence-corrected chi connectivity index (χ2v) is 6.90. The lowest BCUT2D eigenvalue weighted by Gasteiger charge is -2.35. The first-order chi connectivity index (χ1) is 13.1. The second-order valence-electron chi connectivity index (χ2n) is 6.90. The summed E-state index contributed by atoms with van der Waals surface area (Å²) in [7, 11) is 0. The number of carbonyl (C=O) groups excluding carboxylic acids is 2. The Kier molecular flexibility index (Phi) is 6.59. The Morgan fingerprint density at radius 1 is 1.37 bits per heavy atom. The molecule has 1 fully saturated rings. The van der Waals surface area contributed by atoms with Crippen molar-refractivity contribution < 1.29 is 9.59 Å². The van der Waals surface area contributed by atoms with Crippen LogP contribution in [0, 0.1) is 6.92 Å². The normalized spacial score (nSPS) is 17.5. The number of aryl methyl sites for hydroxylation is 2. The molecule has 7 nitrogen and oxygen atoms in total.